The summed E-state index contributed by atoms with van der Waals surface area (Å²) in [7, 11) is 0. The minimum absolute atomic E-state index is 0.219. The lowest BCUT2D eigenvalue weighted by Crippen LogP contribution is -2.37. The van der Waals surface area contributed by atoms with Gasteiger partial charge in [-0.15, -0.1) is 0 Å². The van der Waals surface area contributed by atoms with E-state index in [2.05, 4.69) is 41.8 Å². The van der Waals surface area contributed by atoms with Gasteiger partial charge in [-0.1, -0.05) is 18.6 Å². The lowest BCUT2D eigenvalue weighted by atomic mass is 9.98. The molecule has 19 heavy (non-hydrogen) atoms. The topological polar surface area (TPSA) is 44.3 Å². The molecule has 1 aromatic rings. The molecule has 2 atom stereocenters. The molecule has 3 nitrogen and oxygen atoms in total. The van der Waals surface area contributed by atoms with Crippen LogP contribution in [0.25, 0.3) is 0 Å². The Morgan fingerprint density at radius 1 is 1.32 bits per heavy atom. The molecule has 0 bridgehead atoms. The van der Waals surface area contributed by atoms with Crippen LogP contribution >= 0.6 is 0 Å². The molecule has 0 aliphatic carbocycles. The monoisotopic (exact) mass is 262 g/mol. The standard InChI is InChI=1S/C16H26N2O/c1-13(12-16-4-2-3-10-17-16)18-15-7-5-14(6-8-15)9-11-19/h5-8,13,16-19H,2-4,9-12H2,1H3. The minimum atomic E-state index is 0.219. The third-order valence-electron chi connectivity index (χ3n) is 3.82. The van der Waals surface area contributed by atoms with Crippen LogP contribution in [0.3, 0.4) is 0 Å². The molecule has 0 aromatic heterocycles. The number of aliphatic hydroxyl groups excluding tert-OH is 1. The van der Waals surface area contributed by atoms with E-state index < -0.39 is 0 Å². The minimum Gasteiger partial charge on any atom is -0.396 e. The number of anilines is 1. The molecular formula is C16H26N2O. The first-order chi connectivity index (χ1) is 9.28. The van der Waals surface area contributed by atoms with Gasteiger partial charge in [-0.25, -0.2) is 0 Å². The number of rotatable bonds is 6. The summed E-state index contributed by atoms with van der Waals surface area (Å²) >= 11 is 0. The van der Waals surface area contributed by atoms with E-state index in [1.54, 1.807) is 0 Å². The first-order valence-electron chi connectivity index (χ1n) is 7.47. The first kappa shape index (κ1) is 14.4. The number of hydrogen-bond donors (Lipinski definition) is 3. The van der Waals surface area contributed by atoms with Gasteiger partial charge in [-0.3, -0.25) is 0 Å². The summed E-state index contributed by atoms with van der Waals surface area (Å²) in [4.78, 5) is 0. The smallest absolute Gasteiger partial charge is 0.0471 e. The molecule has 1 saturated heterocycles. The predicted molar refractivity (Wildman–Crippen MR) is 80.6 cm³/mol. The molecule has 1 aliphatic rings. The highest BCUT2D eigenvalue weighted by atomic mass is 16.2. The maximum Gasteiger partial charge on any atom is 0.0471 e. The summed E-state index contributed by atoms with van der Waals surface area (Å²) < 4.78 is 0. The van der Waals surface area contributed by atoms with Crippen LogP contribution in [0.5, 0.6) is 0 Å². The van der Waals surface area contributed by atoms with Gasteiger partial charge in [0.25, 0.3) is 0 Å². The van der Waals surface area contributed by atoms with Crippen molar-refractivity contribution in [1.29, 1.82) is 0 Å². The third kappa shape index (κ3) is 4.84. The summed E-state index contributed by atoms with van der Waals surface area (Å²) in [6.45, 7) is 3.64. The van der Waals surface area contributed by atoms with Gasteiger partial charge in [-0.05, 0) is 56.8 Å². The molecule has 0 saturated carbocycles. The van der Waals surface area contributed by atoms with Crippen molar-refractivity contribution in [2.24, 2.45) is 0 Å². The lowest BCUT2D eigenvalue weighted by Gasteiger charge is -2.27. The molecule has 2 rings (SSSR count). The summed E-state index contributed by atoms with van der Waals surface area (Å²) in [6, 6.07) is 9.55. The van der Waals surface area contributed by atoms with E-state index in [0.29, 0.717) is 12.1 Å². The van der Waals surface area contributed by atoms with Crippen LogP contribution in [-0.4, -0.2) is 30.3 Å². The van der Waals surface area contributed by atoms with Crippen LogP contribution < -0.4 is 10.6 Å². The Balaban J connectivity index is 1.78. The lowest BCUT2D eigenvalue weighted by molar-refractivity contribution is 0.299. The molecule has 0 spiro atoms. The normalized spacial score (nSPS) is 21.1. The highest BCUT2D eigenvalue weighted by Crippen LogP contribution is 2.16. The Morgan fingerprint density at radius 3 is 2.74 bits per heavy atom. The second-order valence-electron chi connectivity index (χ2n) is 5.60. The Kier molecular flexibility index (Phi) is 5.67. The fourth-order valence-corrected chi connectivity index (χ4v) is 2.79. The Bertz CT molecular complexity index is 358. The molecular weight excluding hydrogens is 236 g/mol. The molecule has 1 heterocycles. The molecule has 1 aromatic carbocycles. The number of aliphatic hydroxyl groups is 1. The summed E-state index contributed by atoms with van der Waals surface area (Å²) in [6.07, 6.45) is 5.91. The number of benzene rings is 1. The van der Waals surface area contributed by atoms with E-state index in [1.807, 2.05) is 0 Å². The highest BCUT2D eigenvalue weighted by Gasteiger charge is 2.15. The van der Waals surface area contributed by atoms with Crippen molar-refractivity contribution in [3.05, 3.63) is 29.8 Å². The van der Waals surface area contributed by atoms with Crippen LogP contribution in [-0.2, 0) is 6.42 Å². The molecule has 0 radical (unpaired) electrons. The summed E-state index contributed by atoms with van der Waals surface area (Å²) in [5, 5.41) is 16.0. The second-order valence-corrected chi connectivity index (χ2v) is 5.60. The maximum absolute atomic E-state index is 8.89. The zero-order chi connectivity index (χ0) is 13.5. The average Bonchev–Trinajstić information content (AvgIpc) is 2.42. The summed E-state index contributed by atoms with van der Waals surface area (Å²) in [5.41, 5.74) is 2.36. The van der Waals surface area contributed by atoms with Crippen molar-refractivity contribution in [1.82, 2.24) is 5.32 Å². The maximum atomic E-state index is 8.89. The van der Waals surface area contributed by atoms with Crippen LogP contribution in [0.1, 0.15) is 38.2 Å². The fraction of sp³-hybridized carbons (Fsp3) is 0.625. The van der Waals surface area contributed by atoms with Gasteiger partial charge in [0.1, 0.15) is 0 Å². The largest absolute Gasteiger partial charge is 0.396 e. The van der Waals surface area contributed by atoms with E-state index in [1.165, 1.54) is 43.5 Å². The average molecular weight is 262 g/mol. The van der Waals surface area contributed by atoms with Gasteiger partial charge in [0.05, 0.1) is 0 Å². The number of piperidine rings is 1. The molecule has 106 valence electrons. The van der Waals surface area contributed by atoms with Crippen LogP contribution in [0.4, 0.5) is 5.69 Å². The van der Waals surface area contributed by atoms with Crippen molar-refractivity contribution in [3.63, 3.8) is 0 Å². The van der Waals surface area contributed by atoms with Crippen molar-refractivity contribution in [3.8, 4) is 0 Å². The van der Waals surface area contributed by atoms with Crippen molar-refractivity contribution in [2.75, 3.05) is 18.5 Å². The van der Waals surface area contributed by atoms with E-state index in [4.69, 9.17) is 5.11 Å². The number of hydrogen-bond acceptors (Lipinski definition) is 3. The van der Waals surface area contributed by atoms with Gasteiger partial charge in [0.15, 0.2) is 0 Å². The van der Waals surface area contributed by atoms with Crippen molar-refractivity contribution >= 4 is 5.69 Å². The van der Waals surface area contributed by atoms with E-state index in [-0.39, 0.29) is 6.61 Å². The molecule has 1 fully saturated rings. The van der Waals surface area contributed by atoms with E-state index in [0.717, 1.165) is 6.42 Å². The highest BCUT2D eigenvalue weighted by molar-refractivity contribution is 5.45. The molecule has 3 heteroatoms. The summed E-state index contributed by atoms with van der Waals surface area (Å²) in [5.74, 6) is 0. The van der Waals surface area contributed by atoms with E-state index >= 15 is 0 Å². The molecule has 0 amide bonds. The zero-order valence-electron chi connectivity index (χ0n) is 11.9. The first-order valence-corrected chi connectivity index (χ1v) is 7.47. The van der Waals surface area contributed by atoms with Gasteiger partial charge >= 0.3 is 0 Å². The Morgan fingerprint density at radius 2 is 2.11 bits per heavy atom. The Labute approximate surface area is 116 Å². The SMILES string of the molecule is CC(CC1CCCCN1)Nc1ccc(CCO)cc1. The Hall–Kier alpha value is -1.06. The quantitative estimate of drug-likeness (QED) is 0.738. The van der Waals surface area contributed by atoms with Gasteiger partial charge in [-0.2, -0.15) is 0 Å². The van der Waals surface area contributed by atoms with Crippen molar-refractivity contribution in [2.45, 2.75) is 51.1 Å². The number of nitrogens with one attached hydrogen (secondary N) is 2. The van der Waals surface area contributed by atoms with Crippen LogP contribution in [0.15, 0.2) is 24.3 Å². The van der Waals surface area contributed by atoms with Gasteiger partial charge in [0.2, 0.25) is 0 Å². The third-order valence-corrected chi connectivity index (χ3v) is 3.82. The van der Waals surface area contributed by atoms with Crippen molar-refractivity contribution < 1.29 is 5.11 Å². The molecule has 2 unspecified atom stereocenters. The van der Waals surface area contributed by atoms with Crippen LogP contribution in [0, 0.1) is 0 Å². The molecule has 1 aliphatic heterocycles. The second kappa shape index (κ2) is 7.51. The van der Waals surface area contributed by atoms with Crippen LogP contribution in [0.2, 0.25) is 0 Å². The van der Waals surface area contributed by atoms with E-state index in [9.17, 15) is 0 Å². The van der Waals surface area contributed by atoms with Gasteiger partial charge in [0, 0.05) is 24.4 Å². The molecule has 3 N–H and O–H groups in total. The predicted octanol–water partition coefficient (Wildman–Crippen LogP) is 2.55. The van der Waals surface area contributed by atoms with Gasteiger partial charge < -0.3 is 15.7 Å². The fourth-order valence-electron chi connectivity index (χ4n) is 2.79. The zero-order valence-corrected chi connectivity index (χ0v) is 11.9.